The van der Waals surface area contributed by atoms with Crippen LogP contribution in [0.4, 0.5) is 0 Å². The van der Waals surface area contributed by atoms with Gasteiger partial charge in [-0.2, -0.15) is 4.31 Å². The summed E-state index contributed by atoms with van der Waals surface area (Å²) in [5.74, 6) is 0.513. The second-order valence-corrected chi connectivity index (χ2v) is 10.0. The fourth-order valence-electron chi connectivity index (χ4n) is 4.08. The third-order valence-electron chi connectivity index (χ3n) is 5.86. The number of carbonyl (C=O) groups is 1. The highest BCUT2D eigenvalue weighted by atomic mass is 32.2. The summed E-state index contributed by atoms with van der Waals surface area (Å²) < 4.78 is 33.0. The molecule has 31 heavy (non-hydrogen) atoms. The lowest BCUT2D eigenvalue weighted by molar-refractivity contribution is -0.121. The summed E-state index contributed by atoms with van der Waals surface area (Å²) in [5, 5.41) is 3.04. The van der Waals surface area contributed by atoms with E-state index in [2.05, 4.69) is 5.32 Å². The van der Waals surface area contributed by atoms with Crippen molar-refractivity contribution in [3.05, 3.63) is 59.2 Å². The minimum Gasteiger partial charge on any atom is -0.496 e. The Labute approximate surface area is 185 Å². The van der Waals surface area contributed by atoms with Gasteiger partial charge in [0.15, 0.2) is 0 Å². The second-order valence-electron chi connectivity index (χ2n) is 8.08. The van der Waals surface area contributed by atoms with Gasteiger partial charge >= 0.3 is 0 Å². The molecule has 2 aromatic rings. The Morgan fingerprint density at radius 1 is 1.13 bits per heavy atom. The number of rotatable bonds is 8. The van der Waals surface area contributed by atoms with Crippen LogP contribution in [0.3, 0.4) is 0 Å². The normalized spacial score (nSPS) is 16.0. The largest absolute Gasteiger partial charge is 0.496 e. The molecule has 6 nitrogen and oxygen atoms in total. The molecule has 0 unspecified atom stereocenters. The maximum atomic E-state index is 13.0. The lowest BCUT2D eigenvalue weighted by Gasteiger charge is -2.26. The number of methoxy groups -OCH3 is 1. The summed E-state index contributed by atoms with van der Waals surface area (Å²) in [4.78, 5) is 12.8. The van der Waals surface area contributed by atoms with Crippen LogP contribution >= 0.6 is 0 Å². The van der Waals surface area contributed by atoms with Crippen molar-refractivity contribution in [1.82, 2.24) is 9.62 Å². The van der Waals surface area contributed by atoms with E-state index >= 15 is 0 Å². The third-order valence-corrected chi connectivity index (χ3v) is 7.75. The standard InChI is InChI=1S/C24H32N2O4S/c1-18-9-5-6-10-22(18)19(2)25-24(27)14-11-20-17-21(12-13-23(20)30-3)31(28,29)26-15-7-4-8-16-26/h5-6,9-10,12-13,17,19H,4,7-8,11,14-16H2,1-3H3,(H,25,27)/t19-/m1/s1. The fourth-order valence-corrected chi connectivity index (χ4v) is 5.65. The molecule has 0 saturated carbocycles. The number of nitrogens with zero attached hydrogens (tertiary/aromatic N) is 1. The molecular formula is C24H32N2O4S. The van der Waals surface area contributed by atoms with Crippen LogP contribution in [-0.4, -0.2) is 38.8 Å². The second kappa shape index (κ2) is 10.3. The molecule has 1 amide bonds. The maximum absolute atomic E-state index is 13.0. The van der Waals surface area contributed by atoms with E-state index in [4.69, 9.17) is 4.74 Å². The zero-order chi connectivity index (χ0) is 22.4. The maximum Gasteiger partial charge on any atom is 0.243 e. The number of amides is 1. The van der Waals surface area contributed by atoms with Crippen LogP contribution in [0.25, 0.3) is 0 Å². The van der Waals surface area contributed by atoms with E-state index in [0.29, 0.717) is 25.3 Å². The van der Waals surface area contributed by atoms with Crippen LogP contribution in [0, 0.1) is 6.92 Å². The quantitative estimate of drug-likeness (QED) is 0.668. The summed E-state index contributed by atoms with van der Waals surface area (Å²) in [6, 6.07) is 12.8. The van der Waals surface area contributed by atoms with Crippen LogP contribution in [0.2, 0.25) is 0 Å². The SMILES string of the molecule is COc1ccc(S(=O)(=O)N2CCCCC2)cc1CCC(=O)N[C@H](C)c1ccccc1C. The summed E-state index contributed by atoms with van der Waals surface area (Å²) in [7, 11) is -1.98. The van der Waals surface area contributed by atoms with Crippen molar-refractivity contribution in [1.29, 1.82) is 0 Å². The molecule has 0 aliphatic carbocycles. The molecule has 1 heterocycles. The molecule has 1 atom stereocenters. The first-order valence-corrected chi connectivity index (χ1v) is 12.3. The number of nitrogens with one attached hydrogen (secondary N) is 1. The number of aryl methyl sites for hydroxylation is 2. The van der Waals surface area contributed by atoms with Gasteiger partial charge in [0.05, 0.1) is 18.0 Å². The van der Waals surface area contributed by atoms with Crippen molar-refractivity contribution in [2.45, 2.75) is 56.9 Å². The highest BCUT2D eigenvalue weighted by Gasteiger charge is 2.26. The van der Waals surface area contributed by atoms with Gasteiger partial charge < -0.3 is 10.1 Å². The van der Waals surface area contributed by atoms with Gasteiger partial charge in [-0.05, 0) is 68.0 Å². The van der Waals surface area contributed by atoms with E-state index < -0.39 is 10.0 Å². The van der Waals surface area contributed by atoms with Gasteiger partial charge in [-0.3, -0.25) is 4.79 Å². The van der Waals surface area contributed by atoms with Crippen molar-refractivity contribution in [3.8, 4) is 5.75 Å². The van der Waals surface area contributed by atoms with E-state index in [1.54, 1.807) is 29.6 Å². The molecule has 7 heteroatoms. The number of hydrogen-bond acceptors (Lipinski definition) is 4. The highest BCUT2D eigenvalue weighted by molar-refractivity contribution is 7.89. The van der Waals surface area contributed by atoms with Crippen LogP contribution in [0.1, 0.15) is 55.3 Å². The Hall–Kier alpha value is -2.38. The number of ether oxygens (including phenoxy) is 1. The number of benzene rings is 2. The van der Waals surface area contributed by atoms with Crippen molar-refractivity contribution in [3.63, 3.8) is 0 Å². The van der Waals surface area contributed by atoms with Crippen LogP contribution < -0.4 is 10.1 Å². The smallest absolute Gasteiger partial charge is 0.243 e. The number of piperidine rings is 1. The summed E-state index contributed by atoms with van der Waals surface area (Å²) >= 11 is 0. The van der Waals surface area contributed by atoms with E-state index in [-0.39, 0.29) is 23.3 Å². The van der Waals surface area contributed by atoms with E-state index in [0.717, 1.165) is 36.0 Å². The molecule has 0 aromatic heterocycles. The molecule has 1 aliphatic rings. The van der Waals surface area contributed by atoms with Gasteiger partial charge in [0.25, 0.3) is 0 Å². The zero-order valence-electron chi connectivity index (χ0n) is 18.6. The Morgan fingerprint density at radius 3 is 2.52 bits per heavy atom. The first kappa shape index (κ1) is 23.3. The molecule has 3 rings (SSSR count). The fraction of sp³-hybridized carbons (Fsp3) is 0.458. The lowest BCUT2D eigenvalue weighted by atomic mass is 10.0. The Kier molecular flexibility index (Phi) is 7.73. The Morgan fingerprint density at radius 2 is 1.84 bits per heavy atom. The summed E-state index contributed by atoms with van der Waals surface area (Å²) in [5.41, 5.74) is 2.94. The summed E-state index contributed by atoms with van der Waals surface area (Å²) in [6.07, 6.45) is 3.50. The molecule has 168 valence electrons. The van der Waals surface area contributed by atoms with E-state index in [9.17, 15) is 13.2 Å². The first-order chi connectivity index (χ1) is 14.8. The van der Waals surface area contributed by atoms with Crippen LogP contribution in [0.15, 0.2) is 47.4 Å². The third kappa shape index (κ3) is 5.66. The molecule has 2 aromatic carbocycles. The van der Waals surface area contributed by atoms with E-state index in [1.165, 1.54) is 0 Å². The average molecular weight is 445 g/mol. The molecular weight excluding hydrogens is 412 g/mol. The zero-order valence-corrected chi connectivity index (χ0v) is 19.4. The number of carbonyl (C=O) groups excluding carboxylic acids is 1. The van der Waals surface area contributed by atoms with Crippen LogP contribution in [0.5, 0.6) is 5.75 Å². The molecule has 0 radical (unpaired) electrons. The van der Waals surface area contributed by atoms with Crippen molar-refractivity contribution < 1.29 is 17.9 Å². The van der Waals surface area contributed by atoms with Crippen molar-refractivity contribution in [2.75, 3.05) is 20.2 Å². The predicted octanol–water partition coefficient (Wildman–Crippen LogP) is 3.99. The van der Waals surface area contributed by atoms with Gasteiger partial charge in [0.2, 0.25) is 15.9 Å². The van der Waals surface area contributed by atoms with Crippen molar-refractivity contribution in [2.24, 2.45) is 0 Å². The summed E-state index contributed by atoms with van der Waals surface area (Å²) in [6.45, 7) is 5.11. The highest BCUT2D eigenvalue weighted by Crippen LogP contribution is 2.27. The topological polar surface area (TPSA) is 75.7 Å². The predicted molar refractivity (Wildman–Crippen MR) is 122 cm³/mol. The van der Waals surface area contributed by atoms with Gasteiger partial charge in [0, 0.05) is 19.5 Å². The Balaban J connectivity index is 1.69. The molecule has 0 spiro atoms. The van der Waals surface area contributed by atoms with Crippen molar-refractivity contribution >= 4 is 15.9 Å². The van der Waals surface area contributed by atoms with Gasteiger partial charge in [-0.15, -0.1) is 0 Å². The number of sulfonamides is 1. The molecule has 1 N–H and O–H groups in total. The van der Waals surface area contributed by atoms with Gasteiger partial charge in [-0.25, -0.2) is 8.42 Å². The number of hydrogen-bond donors (Lipinski definition) is 1. The molecule has 1 aliphatic heterocycles. The minimum absolute atomic E-state index is 0.0814. The first-order valence-electron chi connectivity index (χ1n) is 10.8. The van der Waals surface area contributed by atoms with Gasteiger partial charge in [-0.1, -0.05) is 30.7 Å². The van der Waals surface area contributed by atoms with E-state index in [1.807, 2.05) is 38.1 Å². The average Bonchev–Trinajstić information content (AvgIpc) is 2.78. The monoisotopic (exact) mass is 444 g/mol. The molecule has 1 saturated heterocycles. The molecule has 1 fully saturated rings. The molecule has 0 bridgehead atoms. The minimum atomic E-state index is -3.53. The van der Waals surface area contributed by atoms with Gasteiger partial charge in [0.1, 0.15) is 5.75 Å². The van der Waals surface area contributed by atoms with Crippen LogP contribution in [-0.2, 0) is 21.2 Å². The lowest BCUT2D eigenvalue weighted by Crippen LogP contribution is -2.35. The Bertz CT molecular complexity index is 1010.